The first-order valence-corrected chi connectivity index (χ1v) is 13.5. The zero-order chi connectivity index (χ0) is 31.0. The molecule has 0 aliphatic heterocycles. The molecule has 0 amide bonds. The van der Waals surface area contributed by atoms with E-state index in [0.717, 1.165) is 33.2 Å². The molecule has 0 atom stereocenters. The third-order valence-corrected chi connectivity index (χ3v) is 6.69. The number of nitrogens with zero attached hydrogens (tertiary/aromatic N) is 1. The van der Waals surface area contributed by atoms with Crippen molar-refractivity contribution in [2.24, 2.45) is 10.8 Å². The Labute approximate surface area is 257 Å². The second-order valence-corrected chi connectivity index (χ2v) is 12.6. The van der Waals surface area contributed by atoms with Gasteiger partial charge < -0.3 is 10.1 Å². The summed E-state index contributed by atoms with van der Waals surface area (Å²) in [4.78, 5) is 16.2. The van der Waals surface area contributed by atoms with Gasteiger partial charge in [0, 0.05) is 45.9 Å². The quantitative estimate of drug-likeness (QED) is 0.0990. The fraction of sp³-hybridized carbons (Fsp3) is 0.389. The molecule has 4 aromatic rings. The number of aliphatic hydroxyl groups is 1. The summed E-state index contributed by atoms with van der Waals surface area (Å²) in [6.45, 7) is 18.6. The van der Waals surface area contributed by atoms with E-state index in [1.165, 1.54) is 16.8 Å². The van der Waals surface area contributed by atoms with Gasteiger partial charge in [-0.25, -0.2) is 0 Å². The van der Waals surface area contributed by atoms with Crippen molar-refractivity contribution in [3.63, 3.8) is 0 Å². The Morgan fingerprint density at radius 3 is 2.10 bits per heavy atom. The molecule has 215 valence electrons. The number of hydrogen-bond donors (Lipinski definition) is 1. The van der Waals surface area contributed by atoms with Crippen molar-refractivity contribution < 1.29 is 32.7 Å². The van der Waals surface area contributed by atoms with Gasteiger partial charge in [-0.15, -0.1) is 34.9 Å². The molecule has 1 heterocycles. The molecule has 1 aromatic heterocycles. The minimum absolute atomic E-state index is 0. The molecule has 3 aromatic carbocycles. The summed E-state index contributed by atoms with van der Waals surface area (Å²) < 4.78 is 17.0. The maximum Gasteiger partial charge on any atom is 0.164 e. The number of carbonyl (C=O) groups excluding carboxylic acids is 1. The predicted octanol–water partition coefficient (Wildman–Crippen LogP) is 10.2. The molecule has 4 rings (SSSR count). The normalized spacial score (nSPS) is 13.6. The largest absolute Gasteiger partial charge is 0.512 e. The van der Waals surface area contributed by atoms with Crippen LogP contribution in [-0.4, -0.2) is 15.9 Å². The smallest absolute Gasteiger partial charge is 0.164 e. The molecule has 1 radical (unpaired) electrons. The predicted molar refractivity (Wildman–Crippen MR) is 166 cm³/mol. The molecule has 0 unspecified atom stereocenters. The molecule has 4 heteroatoms. The third kappa shape index (κ3) is 8.12. The molecule has 0 bridgehead atoms. The maximum absolute atomic E-state index is 11.5. The van der Waals surface area contributed by atoms with Crippen LogP contribution in [0.4, 0.5) is 0 Å². The SMILES string of the molecule is CC(C)(C)C(=O)/C=C(\O)C(C)(C)C.[2H]C(C)(C)c1[c-]c(-c2nccc3c2ccc2ccccc23)cc(C([2H])(C)C)c1.[Ir]. The van der Waals surface area contributed by atoms with E-state index in [4.69, 9.17) is 2.74 Å². The number of hydrogen-bond acceptors (Lipinski definition) is 3. The average Bonchev–Trinajstić information content (AvgIpc) is 2.86. The van der Waals surface area contributed by atoms with Crippen LogP contribution in [0.5, 0.6) is 0 Å². The number of aliphatic hydroxyl groups excluding tert-OH is 1. The molecule has 0 saturated carbocycles. The van der Waals surface area contributed by atoms with Gasteiger partial charge in [-0.2, -0.15) is 0 Å². The zero-order valence-electron chi connectivity index (χ0n) is 27.5. The van der Waals surface area contributed by atoms with Crippen LogP contribution in [0.15, 0.2) is 72.6 Å². The van der Waals surface area contributed by atoms with E-state index in [2.05, 4.69) is 47.4 Å². The Hall–Kier alpha value is -2.81. The van der Waals surface area contributed by atoms with Crippen LogP contribution in [0, 0.1) is 16.9 Å². The summed E-state index contributed by atoms with van der Waals surface area (Å²) in [5.41, 5.74) is 2.57. The average molecular weight is 717 g/mol. The van der Waals surface area contributed by atoms with Gasteiger partial charge in [0.05, 0.1) is 0 Å². The summed E-state index contributed by atoms with van der Waals surface area (Å²) >= 11 is 0. The molecule has 0 fully saturated rings. The number of rotatable bonds is 4. The van der Waals surface area contributed by atoms with Gasteiger partial charge in [-0.1, -0.05) is 106 Å². The van der Waals surface area contributed by atoms with Crippen molar-refractivity contribution in [3.8, 4) is 11.3 Å². The number of carbonyl (C=O) groups is 1. The Balaban J connectivity index is 0.000000377. The van der Waals surface area contributed by atoms with Gasteiger partial charge in [0.25, 0.3) is 0 Å². The van der Waals surface area contributed by atoms with Crippen molar-refractivity contribution >= 4 is 27.3 Å². The number of fused-ring (bicyclic) bond motifs is 3. The fourth-order valence-corrected chi connectivity index (χ4v) is 3.96. The molecule has 0 saturated heterocycles. The minimum Gasteiger partial charge on any atom is -0.512 e. The van der Waals surface area contributed by atoms with E-state index >= 15 is 0 Å². The fourth-order valence-electron chi connectivity index (χ4n) is 3.96. The molecule has 3 nitrogen and oxygen atoms in total. The zero-order valence-corrected chi connectivity index (χ0v) is 27.9. The molecule has 0 spiro atoms. The third-order valence-electron chi connectivity index (χ3n) is 6.69. The topological polar surface area (TPSA) is 50.2 Å². The van der Waals surface area contributed by atoms with E-state index in [1.54, 1.807) is 0 Å². The summed E-state index contributed by atoms with van der Waals surface area (Å²) in [5.74, 6) is -1.46. The second-order valence-electron chi connectivity index (χ2n) is 12.6. The first kappa shape index (κ1) is 30.2. The van der Waals surface area contributed by atoms with Gasteiger partial charge >= 0.3 is 0 Å². The van der Waals surface area contributed by atoms with Gasteiger partial charge in [0.15, 0.2) is 5.78 Å². The molecular weight excluding hydrogens is 671 g/mol. The van der Waals surface area contributed by atoms with Crippen LogP contribution in [0.25, 0.3) is 32.8 Å². The molecule has 0 aliphatic carbocycles. The van der Waals surface area contributed by atoms with Crippen molar-refractivity contribution in [2.75, 3.05) is 0 Å². The number of pyridine rings is 1. The summed E-state index contributed by atoms with van der Waals surface area (Å²) in [5, 5.41) is 14.2. The number of benzene rings is 3. The van der Waals surface area contributed by atoms with Gasteiger partial charge in [-0.05, 0) is 45.1 Å². The van der Waals surface area contributed by atoms with Crippen LogP contribution in [-0.2, 0) is 24.9 Å². The van der Waals surface area contributed by atoms with Crippen molar-refractivity contribution in [2.45, 2.75) is 81.0 Å². The van der Waals surface area contributed by atoms with E-state index in [9.17, 15) is 9.90 Å². The summed E-state index contributed by atoms with van der Waals surface area (Å²) in [6.07, 6.45) is 3.17. The molecular formula is C36H44IrNO2-. The second kappa shape index (κ2) is 13.2. The van der Waals surface area contributed by atoms with Crippen LogP contribution in [0.1, 0.15) is 94.9 Å². The Bertz CT molecular complexity index is 1570. The number of aromatic nitrogens is 1. The summed E-state index contributed by atoms with van der Waals surface area (Å²) in [7, 11) is 0. The molecule has 0 aliphatic rings. The monoisotopic (exact) mass is 717 g/mol. The van der Waals surface area contributed by atoms with Crippen LogP contribution in [0.2, 0.25) is 0 Å². The van der Waals surface area contributed by atoms with E-state index in [1.807, 2.05) is 93.6 Å². The van der Waals surface area contributed by atoms with Gasteiger partial charge in [0.2, 0.25) is 0 Å². The maximum atomic E-state index is 11.5. The van der Waals surface area contributed by atoms with Crippen LogP contribution >= 0.6 is 0 Å². The standard InChI is InChI=1S/C25H24N.C11H20O2.Ir/c1-16(2)19-13-20(17(3)4)15-21(14-19)25-24-10-9-18-7-5-6-8-22(18)23(24)11-12-26-25;1-10(2,3)8(12)7-9(13)11(4,5)6;/h5-14,16-17H,1-4H3;7,12H,1-6H3;/q-1;;/b;8-7-;/i16D,17D;;. The van der Waals surface area contributed by atoms with Gasteiger partial charge in [0.1, 0.15) is 5.76 Å². The first-order chi connectivity index (χ1) is 18.7. The number of allylic oxidation sites excluding steroid dienone is 2. The first-order valence-electron chi connectivity index (χ1n) is 14.5. The Morgan fingerprint density at radius 1 is 0.875 bits per heavy atom. The van der Waals surface area contributed by atoms with Crippen molar-refractivity contribution in [3.05, 3.63) is 89.8 Å². The Morgan fingerprint density at radius 2 is 1.52 bits per heavy atom. The summed E-state index contributed by atoms with van der Waals surface area (Å²) in [6, 6.07) is 22.0. The van der Waals surface area contributed by atoms with Crippen molar-refractivity contribution in [1.82, 2.24) is 4.98 Å². The number of ketones is 1. The van der Waals surface area contributed by atoms with E-state index in [-0.39, 0.29) is 37.1 Å². The van der Waals surface area contributed by atoms with Crippen molar-refractivity contribution in [1.29, 1.82) is 0 Å². The van der Waals surface area contributed by atoms with Gasteiger partial charge in [-0.3, -0.25) is 4.79 Å². The minimum atomic E-state index is -0.798. The van der Waals surface area contributed by atoms with E-state index < -0.39 is 17.2 Å². The Kier molecular flexibility index (Phi) is 9.98. The molecule has 1 N–H and O–H groups in total. The molecule has 40 heavy (non-hydrogen) atoms. The van der Waals surface area contributed by atoms with E-state index in [0.29, 0.717) is 0 Å². The van der Waals surface area contributed by atoms with Crippen LogP contribution in [0.3, 0.4) is 0 Å². The van der Waals surface area contributed by atoms with Crippen LogP contribution < -0.4 is 0 Å².